The third-order valence-electron chi connectivity index (χ3n) is 6.08. The zero-order valence-electron chi connectivity index (χ0n) is 17.1. The Balaban J connectivity index is 1.62. The van der Waals surface area contributed by atoms with Crippen molar-refractivity contribution >= 4 is 11.7 Å². The molecule has 4 rings (SSSR count). The van der Waals surface area contributed by atoms with E-state index < -0.39 is 12.2 Å². The van der Waals surface area contributed by atoms with Gasteiger partial charge in [0.1, 0.15) is 12.4 Å². The molecule has 1 N–H and O–H groups in total. The number of hydrogen-bond acceptors (Lipinski definition) is 4. The molecule has 1 fully saturated rings. The molecule has 7 nitrogen and oxygen atoms in total. The fourth-order valence-electron chi connectivity index (χ4n) is 4.39. The van der Waals surface area contributed by atoms with Crippen LogP contribution in [0.3, 0.4) is 0 Å². The van der Waals surface area contributed by atoms with Crippen LogP contribution in [0.1, 0.15) is 57.3 Å². The quantitative estimate of drug-likeness (QED) is 0.811. The summed E-state index contributed by atoms with van der Waals surface area (Å²) in [5.74, 6) is 0.360. The summed E-state index contributed by atoms with van der Waals surface area (Å²) >= 11 is 0. The van der Waals surface area contributed by atoms with Gasteiger partial charge in [-0.15, -0.1) is 0 Å². The third kappa shape index (κ3) is 4.04. The maximum absolute atomic E-state index is 13.8. The Kier molecular flexibility index (Phi) is 5.50. The SMILES string of the molecule is CC(C)[C@@H]1C[C@H](C(F)(F)F)n2nc(C3CCCCN3C(=O)Cn3ccnc3)cc2N1. The summed E-state index contributed by atoms with van der Waals surface area (Å²) in [6.07, 6.45) is 2.95. The monoisotopic (exact) mass is 424 g/mol. The smallest absolute Gasteiger partial charge is 0.367 e. The number of nitrogens with zero attached hydrogens (tertiary/aromatic N) is 5. The van der Waals surface area contributed by atoms with Gasteiger partial charge in [-0.2, -0.15) is 18.3 Å². The molecule has 0 radical (unpaired) electrons. The predicted molar refractivity (Wildman–Crippen MR) is 105 cm³/mol. The molecule has 2 aliphatic heterocycles. The molecular weight excluding hydrogens is 397 g/mol. The largest absolute Gasteiger partial charge is 0.410 e. The Morgan fingerprint density at radius 1 is 1.33 bits per heavy atom. The van der Waals surface area contributed by atoms with E-state index in [1.54, 1.807) is 34.3 Å². The normalized spacial score (nSPS) is 24.6. The second kappa shape index (κ2) is 7.96. The number of alkyl halides is 3. The van der Waals surface area contributed by atoms with E-state index >= 15 is 0 Å². The van der Waals surface area contributed by atoms with E-state index in [2.05, 4.69) is 15.4 Å². The van der Waals surface area contributed by atoms with Crippen molar-refractivity contribution in [1.29, 1.82) is 0 Å². The molecule has 2 aromatic heterocycles. The Morgan fingerprint density at radius 3 is 2.80 bits per heavy atom. The molecule has 1 amide bonds. The van der Waals surface area contributed by atoms with Gasteiger partial charge in [0.05, 0.1) is 18.1 Å². The van der Waals surface area contributed by atoms with Gasteiger partial charge in [-0.05, 0) is 31.6 Å². The van der Waals surface area contributed by atoms with Crippen LogP contribution in [0.5, 0.6) is 0 Å². The highest BCUT2D eigenvalue weighted by atomic mass is 19.4. The Labute approximate surface area is 173 Å². The first kappa shape index (κ1) is 20.7. The van der Waals surface area contributed by atoms with Gasteiger partial charge in [-0.3, -0.25) is 4.79 Å². The van der Waals surface area contributed by atoms with E-state index in [0.717, 1.165) is 17.5 Å². The summed E-state index contributed by atoms with van der Waals surface area (Å²) < 4.78 is 44.1. The lowest BCUT2D eigenvalue weighted by molar-refractivity contribution is -0.174. The highest BCUT2D eigenvalue weighted by Crippen LogP contribution is 2.42. The lowest BCUT2D eigenvalue weighted by Crippen LogP contribution is -2.41. The van der Waals surface area contributed by atoms with Crippen molar-refractivity contribution in [2.45, 2.75) is 70.4 Å². The van der Waals surface area contributed by atoms with E-state index in [1.807, 2.05) is 13.8 Å². The van der Waals surface area contributed by atoms with Crippen LogP contribution < -0.4 is 5.32 Å². The maximum Gasteiger partial charge on any atom is 0.410 e. The van der Waals surface area contributed by atoms with Crippen LogP contribution in [0.25, 0.3) is 0 Å². The van der Waals surface area contributed by atoms with Gasteiger partial charge in [0, 0.05) is 31.0 Å². The van der Waals surface area contributed by atoms with E-state index in [0.29, 0.717) is 24.5 Å². The number of carbonyl (C=O) groups excluding carboxylic acids is 1. The fraction of sp³-hybridized carbons (Fsp3) is 0.650. The minimum absolute atomic E-state index is 0.0524. The van der Waals surface area contributed by atoms with Crippen LogP contribution in [-0.2, 0) is 11.3 Å². The van der Waals surface area contributed by atoms with Crippen molar-refractivity contribution in [3.05, 3.63) is 30.5 Å². The second-order valence-corrected chi connectivity index (χ2v) is 8.52. The van der Waals surface area contributed by atoms with Gasteiger partial charge in [-0.1, -0.05) is 13.8 Å². The van der Waals surface area contributed by atoms with Crippen LogP contribution >= 0.6 is 0 Å². The molecule has 1 unspecified atom stereocenters. The number of fused-ring (bicyclic) bond motifs is 1. The number of piperidine rings is 1. The van der Waals surface area contributed by atoms with Crippen molar-refractivity contribution in [1.82, 2.24) is 24.2 Å². The lowest BCUT2D eigenvalue weighted by Gasteiger charge is -2.35. The first-order valence-electron chi connectivity index (χ1n) is 10.4. The number of aromatic nitrogens is 4. The molecule has 0 saturated carbocycles. The Hall–Kier alpha value is -2.52. The predicted octanol–water partition coefficient (Wildman–Crippen LogP) is 3.78. The van der Waals surface area contributed by atoms with Crippen LogP contribution in [0.2, 0.25) is 0 Å². The number of amides is 1. The average molecular weight is 424 g/mol. The highest BCUT2D eigenvalue weighted by Gasteiger charge is 2.47. The molecule has 0 aromatic carbocycles. The van der Waals surface area contributed by atoms with Gasteiger partial charge < -0.3 is 14.8 Å². The van der Waals surface area contributed by atoms with Crippen LogP contribution in [0, 0.1) is 5.92 Å². The highest BCUT2D eigenvalue weighted by molar-refractivity contribution is 5.76. The Morgan fingerprint density at radius 2 is 2.13 bits per heavy atom. The summed E-state index contributed by atoms with van der Waals surface area (Å²) in [5.41, 5.74) is 0.523. The van der Waals surface area contributed by atoms with Crippen molar-refractivity contribution in [3.8, 4) is 0 Å². The number of rotatable bonds is 4. The molecule has 2 aliphatic rings. The van der Waals surface area contributed by atoms with Gasteiger partial charge in [0.25, 0.3) is 0 Å². The summed E-state index contributed by atoms with van der Waals surface area (Å²) in [6, 6.07) is -0.561. The molecular formula is C20H27F3N6O. The van der Waals surface area contributed by atoms with Gasteiger partial charge in [0.2, 0.25) is 5.91 Å². The van der Waals surface area contributed by atoms with E-state index in [-0.39, 0.29) is 36.9 Å². The first-order chi connectivity index (χ1) is 14.2. The second-order valence-electron chi connectivity index (χ2n) is 8.52. The zero-order valence-corrected chi connectivity index (χ0v) is 17.1. The van der Waals surface area contributed by atoms with Gasteiger partial charge in [-0.25, -0.2) is 9.67 Å². The number of anilines is 1. The average Bonchev–Trinajstić information content (AvgIpc) is 3.35. The van der Waals surface area contributed by atoms with E-state index in [1.165, 1.54) is 0 Å². The summed E-state index contributed by atoms with van der Waals surface area (Å²) in [6.45, 7) is 4.55. The first-order valence-corrected chi connectivity index (χ1v) is 10.4. The van der Waals surface area contributed by atoms with Crippen molar-refractivity contribution < 1.29 is 18.0 Å². The number of imidazole rings is 1. The molecule has 164 valence electrons. The zero-order chi connectivity index (χ0) is 21.5. The molecule has 0 spiro atoms. The molecule has 0 aliphatic carbocycles. The molecule has 4 heterocycles. The number of carbonyl (C=O) groups is 1. The van der Waals surface area contributed by atoms with E-state index in [9.17, 15) is 18.0 Å². The standard InChI is InChI=1S/C20H27F3N6O/c1-13(2)14-9-17(20(21,22)23)29-18(25-14)10-15(26-29)16-5-3-4-7-28(16)19(30)11-27-8-6-24-12-27/h6,8,10,12-14,16-17,25H,3-5,7,9,11H2,1-2H3/t14-,16?,17+/m0/s1. The minimum Gasteiger partial charge on any atom is -0.367 e. The maximum atomic E-state index is 13.8. The van der Waals surface area contributed by atoms with Gasteiger partial charge in [0.15, 0.2) is 6.04 Å². The number of halogens is 3. The summed E-state index contributed by atoms with van der Waals surface area (Å²) in [5, 5.41) is 7.59. The number of hydrogen-bond donors (Lipinski definition) is 1. The summed E-state index contributed by atoms with van der Waals surface area (Å²) in [7, 11) is 0. The van der Waals surface area contributed by atoms with Crippen molar-refractivity contribution in [3.63, 3.8) is 0 Å². The molecule has 30 heavy (non-hydrogen) atoms. The van der Waals surface area contributed by atoms with Crippen LogP contribution in [0.15, 0.2) is 24.8 Å². The molecule has 0 bridgehead atoms. The lowest BCUT2D eigenvalue weighted by atomic mass is 9.94. The van der Waals surface area contributed by atoms with Crippen LogP contribution in [0.4, 0.5) is 19.0 Å². The minimum atomic E-state index is -4.38. The molecule has 10 heteroatoms. The van der Waals surface area contributed by atoms with Crippen LogP contribution in [-0.4, -0.2) is 48.9 Å². The fourth-order valence-corrected chi connectivity index (χ4v) is 4.39. The topological polar surface area (TPSA) is 68.0 Å². The van der Waals surface area contributed by atoms with E-state index in [4.69, 9.17) is 0 Å². The van der Waals surface area contributed by atoms with Gasteiger partial charge >= 0.3 is 6.18 Å². The number of likely N-dealkylation sites (tertiary alicyclic amines) is 1. The van der Waals surface area contributed by atoms with Crippen molar-refractivity contribution in [2.24, 2.45) is 5.92 Å². The van der Waals surface area contributed by atoms with Crippen molar-refractivity contribution in [2.75, 3.05) is 11.9 Å². The summed E-state index contributed by atoms with van der Waals surface area (Å²) in [4.78, 5) is 18.6. The molecule has 3 atom stereocenters. The molecule has 1 saturated heterocycles. The Bertz CT molecular complexity index is 876. The molecule has 2 aromatic rings. The third-order valence-corrected chi connectivity index (χ3v) is 6.08. The number of nitrogens with one attached hydrogen (secondary N) is 1.